The van der Waals surface area contributed by atoms with Gasteiger partial charge in [0, 0.05) is 45.2 Å². The van der Waals surface area contributed by atoms with Gasteiger partial charge in [0.05, 0.1) is 19.1 Å². The summed E-state index contributed by atoms with van der Waals surface area (Å²) in [6, 6.07) is 0.337. The Hall–Kier alpha value is -1.93. The molecule has 2 amide bonds. The fourth-order valence-electron chi connectivity index (χ4n) is 3.64. The minimum Gasteiger partial charge on any atom is -0.447 e. The van der Waals surface area contributed by atoms with Crippen molar-refractivity contribution in [3.05, 3.63) is 17.8 Å². The Kier molecular flexibility index (Phi) is 5.62. The van der Waals surface area contributed by atoms with Gasteiger partial charge < -0.3 is 19.4 Å². The highest BCUT2D eigenvalue weighted by atomic mass is 16.5. The van der Waals surface area contributed by atoms with Crippen molar-refractivity contribution in [3.8, 4) is 0 Å². The zero-order valence-corrected chi connectivity index (χ0v) is 15.9. The van der Waals surface area contributed by atoms with Crippen molar-refractivity contribution in [1.82, 2.24) is 20.1 Å². The van der Waals surface area contributed by atoms with Crippen molar-refractivity contribution in [2.45, 2.75) is 50.8 Å². The van der Waals surface area contributed by atoms with Gasteiger partial charge in [-0.15, -0.1) is 0 Å². The van der Waals surface area contributed by atoms with E-state index in [1.165, 1.54) is 6.39 Å². The quantitative estimate of drug-likeness (QED) is 0.833. The molecule has 0 bridgehead atoms. The number of nitrogens with one attached hydrogen (secondary N) is 1. The van der Waals surface area contributed by atoms with Crippen LogP contribution in [0, 0.1) is 0 Å². The summed E-state index contributed by atoms with van der Waals surface area (Å²) in [4.78, 5) is 32.4. The second kappa shape index (κ2) is 7.75. The predicted octanol–water partition coefficient (Wildman–Crippen LogP) is 0.848. The Balaban J connectivity index is 1.54. The van der Waals surface area contributed by atoms with Crippen LogP contribution >= 0.6 is 0 Å². The van der Waals surface area contributed by atoms with Crippen molar-refractivity contribution in [2.75, 3.05) is 33.8 Å². The van der Waals surface area contributed by atoms with Gasteiger partial charge >= 0.3 is 0 Å². The Morgan fingerprint density at radius 3 is 2.85 bits per heavy atom. The summed E-state index contributed by atoms with van der Waals surface area (Å²) in [5.74, 6) is 0.609. The molecule has 2 aliphatic rings. The predicted molar refractivity (Wildman–Crippen MR) is 94.9 cm³/mol. The lowest BCUT2D eigenvalue weighted by molar-refractivity contribution is -0.134. The van der Waals surface area contributed by atoms with E-state index in [9.17, 15) is 9.59 Å². The van der Waals surface area contributed by atoms with Gasteiger partial charge in [-0.2, -0.15) is 0 Å². The number of fused-ring (bicyclic) bond motifs is 1. The Morgan fingerprint density at radius 2 is 2.15 bits per heavy atom. The van der Waals surface area contributed by atoms with Gasteiger partial charge in [-0.1, -0.05) is 13.8 Å². The van der Waals surface area contributed by atoms with Crippen LogP contribution < -0.4 is 5.32 Å². The molecule has 144 valence electrons. The van der Waals surface area contributed by atoms with Crippen molar-refractivity contribution in [1.29, 1.82) is 0 Å². The van der Waals surface area contributed by atoms with Gasteiger partial charge in [-0.05, 0) is 6.42 Å². The Bertz CT molecular complexity index is 657. The van der Waals surface area contributed by atoms with E-state index in [1.54, 1.807) is 19.0 Å². The molecule has 0 aliphatic carbocycles. The van der Waals surface area contributed by atoms with Crippen LogP contribution in [0.4, 0.5) is 0 Å². The standard InChI is InChI=1S/C18H28N4O4/c1-11(2)17-16(19-10-26-17)18(24)20-12-5-13-9-25-14(8-22(13)7-12)6-15(23)21(3)4/h10-14H,5-9H2,1-4H3,(H,20,24)/t12-,13+,14+/m1/s1. The lowest BCUT2D eigenvalue weighted by atomic mass is 10.1. The molecule has 1 aromatic heterocycles. The highest BCUT2D eigenvalue weighted by molar-refractivity contribution is 5.93. The molecule has 0 aromatic carbocycles. The van der Waals surface area contributed by atoms with E-state index in [4.69, 9.17) is 9.15 Å². The number of carbonyl (C=O) groups is 2. The molecule has 2 fully saturated rings. The highest BCUT2D eigenvalue weighted by Crippen LogP contribution is 2.25. The van der Waals surface area contributed by atoms with Gasteiger partial charge in [0.2, 0.25) is 5.91 Å². The monoisotopic (exact) mass is 364 g/mol. The molecule has 3 rings (SSSR count). The van der Waals surface area contributed by atoms with Crippen molar-refractivity contribution in [3.63, 3.8) is 0 Å². The molecule has 26 heavy (non-hydrogen) atoms. The first-order chi connectivity index (χ1) is 12.3. The van der Waals surface area contributed by atoms with Gasteiger partial charge in [-0.3, -0.25) is 14.5 Å². The molecule has 1 N–H and O–H groups in total. The fourth-order valence-corrected chi connectivity index (χ4v) is 3.64. The molecule has 2 saturated heterocycles. The van der Waals surface area contributed by atoms with Crippen LogP contribution in [-0.4, -0.2) is 78.6 Å². The van der Waals surface area contributed by atoms with Crippen LogP contribution in [0.1, 0.15) is 48.9 Å². The third-order valence-corrected chi connectivity index (χ3v) is 5.06. The number of carbonyl (C=O) groups excluding carboxylic acids is 2. The zero-order valence-electron chi connectivity index (χ0n) is 15.9. The number of ether oxygens (including phenoxy) is 1. The topological polar surface area (TPSA) is 87.9 Å². The first-order valence-electron chi connectivity index (χ1n) is 9.15. The first-order valence-corrected chi connectivity index (χ1v) is 9.15. The smallest absolute Gasteiger partial charge is 0.273 e. The molecule has 3 heterocycles. The van der Waals surface area contributed by atoms with Gasteiger partial charge in [0.15, 0.2) is 12.1 Å². The first kappa shape index (κ1) is 18.8. The lowest BCUT2D eigenvalue weighted by Crippen LogP contribution is -2.47. The molecule has 0 radical (unpaired) electrons. The summed E-state index contributed by atoms with van der Waals surface area (Å²) in [7, 11) is 3.51. The van der Waals surface area contributed by atoms with Crippen LogP contribution in [0.3, 0.4) is 0 Å². The average molecular weight is 364 g/mol. The Morgan fingerprint density at radius 1 is 1.38 bits per heavy atom. The summed E-state index contributed by atoms with van der Waals surface area (Å²) in [5.41, 5.74) is 0.371. The number of hydrogen-bond donors (Lipinski definition) is 1. The maximum atomic E-state index is 12.5. The van der Waals surface area contributed by atoms with Crippen molar-refractivity contribution < 1.29 is 18.7 Å². The maximum absolute atomic E-state index is 12.5. The molecule has 3 atom stereocenters. The van der Waals surface area contributed by atoms with E-state index < -0.39 is 0 Å². The van der Waals surface area contributed by atoms with E-state index in [1.807, 2.05) is 13.8 Å². The number of amides is 2. The van der Waals surface area contributed by atoms with E-state index in [0.717, 1.165) is 19.5 Å². The number of aromatic nitrogens is 1. The number of oxazole rings is 1. The largest absolute Gasteiger partial charge is 0.447 e. The van der Waals surface area contributed by atoms with Crippen LogP contribution in [0.5, 0.6) is 0 Å². The number of nitrogens with zero attached hydrogens (tertiary/aromatic N) is 3. The van der Waals surface area contributed by atoms with Crippen molar-refractivity contribution in [2.24, 2.45) is 0 Å². The van der Waals surface area contributed by atoms with E-state index in [-0.39, 0.29) is 35.9 Å². The second-order valence-corrected chi connectivity index (χ2v) is 7.68. The molecular weight excluding hydrogens is 336 g/mol. The summed E-state index contributed by atoms with van der Waals surface area (Å²) in [6.45, 7) is 6.03. The summed E-state index contributed by atoms with van der Waals surface area (Å²) >= 11 is 0. The molecule has 8 nitrogen and oxygen atoms in total. The van der Waals surface area contributed by atoms with Crippen molar-refractivity contribution >= 4 is 11.8 Å². The van der Waals surface area contributed by atoms with E-state index in [0.29, 0.717) is 24.5 Å². The molecule has 2 aliphatic heterocycles. The number of morpholine rings is 1. The third-order valence-electron chi connectivity index (χ3n) is 5.06. The minimum atomic E-state index is -0.187. The third kappa shape index (κ3) is 4.07. The van der Waals surface area contributed by atoms with Gasteiger partial charge in [0.1, 0.15) is 5.76 Å². The summed E-state index contributed by atoms with van der Waals surface area (Å²) in [5, 5.41) is 3.07. The maximum Gasteiger partial charge on any atom is 0.273 e. The van der Waals surface area contributed by atoms with Crippen LogP contribution in [0.15, 0.2) is 10.8 Å². The molecule has 1 aromatic rings. The average Bonchev–Trinajstić information content (AvgIpc) is 3.20. The highest BCUT2D eigenvalue weighted by Gasteiger charge is 2.39. The normalized spacial score (nSPS) is 26.0. The Labute approximate surface area is 153 Å². The minimum absolute atomic E-state index is 0.0520. The van der Waals surface area contributed by atoms with Gasteiger partial charge in [0.25, 0.3) is 5.91 Å². The van der Waals surface area contributed by atoms with E-state index in [2.05, 4.69) is 15.2 Å². The van der Waals surface area contributed by atoms with Crippen LogP contribution in [0.2, 0.25) is 0 Å². The van der Waals surface area contributed by atoms with Crippen LogP contribution in [-0.2, 0) is 9.53 Å². The van der Waals surface area contributed by atoms with E-state index >= 15 is 0 Å². The zero-order chi connectivity index (χ0) is 18.8. The number of rotatable bonds is 5. The van der Waals surface area contributed by atoms with Gasteiger partial charge in [-0.25, -0.2) is 4.98 Å². The molecular formula is C18H28N4O4. The SMILES string of the molecule is CC(C)c1ocnc1C(=O)N[C@@H]1C[C@H]2CO[C@@H](CC(=O)N(C)C)CN2C1. The second-order valence-electron chi connectivity index (χ2n) is 7.68. The molecule has 0 unspecified atom stereocenters. The molecule has 8 heteroatoms. The molecule has 0 spiro atoms. The number of hydrogen-bond acceptors (Lipinski definition) is 6. The fraction of sp³-hybridized carbons (Fsp3) is 0.722. The van der Waals surface area contributed by atoms with Crippen LogP contribution in [0.25, 0.3) is 0 Å². The molecule has 0 saturated carbocycles. The summed E-state index contributed by atoms with van der Waals surface area (Å²) in [6.07, 6.45) is 2.47. The summed E-state index contributed by atoms with van der Waals surface area (Å²) < 4.78 is 11.2. The lowest BCUT2D eigenvalue weighted by Gasteiger charge is -2.35.